The molecule has 10 heteroatoms. The Balaban J connectivity index is 1.58. The van der Waals surface area contributed by atoms with Crippen molar-refractivity contribution in [3.05, 3.63) is 58.9 Å². The maximum absolute atomic E-state index is 12.4. The summed E-state index contributed by atoms with van der Waals surface area (Å²) in [7, 11) is 0. The molecule has 0 unspecified atom stereocenters. The molecule has 0 spiro atoms. The number of rotatable bonds is 7. The largest absolute Gasteiger partial charge is 0.459 e. The molecule has 1 N–H and O–H groups in total. The number of thioether (sulfide) groups is 1. The topological polar surface area (TPSA) is 88.9 Å². The predicted molar refractivity (Wildman–Crippen MR) is 96.8 cm³/mol. The van der Waals surface area contributed by atoms with E-state index < -0.39 is 23.7 Å². The average Bonchev–Trinajstić information content (AvgIpc) is 3.27. The van der Waals surface area contributed by atoms with Crippen LogP contribution in [0.1, 0.15) is 16.1 Å². The fourth-order valence-corrected chi connectivity index (χ4v) is 3.23. The third-order valence-corrected chi connectivity index (χ3v) is 4.55. The van der Waals surface area contributed by atoms with Gasteiger partial charge < -0.3 is 14.5 Å². The molecule has 2 heterocycles. The van der Waals surface area contributed by atoms with Crippen molar-refractivity contribution >= 4 is 34.9 Å². The first-order valence-corrected chi connectivity index (χ1v) is 8.87. The number of hydrogen-bond acceptors (Lipinski definition) is 6. The minimum absolute atomic E-state index is 0.00690. The maximum Gasteiger partial charge on any atom is 0.387 e. The van der Waals surface area contributed by atoms with Gasteiger partial charge in [0.1, 0.15) is 5.75 Å². The molecule has 0 bridgehead atoms. The van der Waals surface area contributed by atoms with E-state index >= 15 is 0 Å². The van der Waals surface area contributed by atoms with Gasteiger partial charge in [-0.2, -0.15) is 8.78 Å². The van der Waals surface area contributed by atoms with Crippen molar-refractivity contribution in [2.45, 2.75) is 6.61 Å². The smallest absolute Gasteiger partial charge is 0.387 e. The van der Waals surface area contributed by atoms with Crippen LogP contribution in [0, 0.1) is 0 Å². The van der Waals surface area contributed by atoms with Gasteiger partial charge in [0.2, 0.25) is 0 Å². The van der Waals surface area contributed by atoms with Crippen molar-refractivity contribution in [1.29, 1.82) is 0 Å². The van der Waals surface area contributed by atoms with E-state index in [0.29, 0.717) is 5.56 Å². The number of nitrogens with one attached hydrogen (secondary N) is 1. The van der Waals surface area contributed by atoms with Gasteiger partial charge in [0, 0.05) is 13.1 Å². The van der Waals surface area contributed by atoms with Gasteiger partial charge in [0.05, 0.1) is 11.2 Å². The second-order valence-corrected chi connectivity index (χ2v) is 6.51. The van der Waals surface area contributed by atoms with Gasteiger partial charge in [-0.05, 0) is 47.7 Å². The predicted octanol–water partition coefficient (Wildman–Crippen LogP) is 3.35. The molecule has 0 radical (unpaired) electrons. The van der Waals surface area contributed by atoms with Crippen molar-refractivity contribution < 1.29 is 32.3 Å². The lowest BCUT2D eigenvalue weighted by molar-refractivity contribution is -0.122. The van der Waals surface area contributed by atoms with Crippen LogP contribution in [0.5, 0.6) is 5.75 Å². The normalized spacial score (nSPS) is 15.5. The zero-order valence-corrected chi connectivity index (χ0v) is 15.1. The monoisotopic (exact) mass is 408 g/mol. The number of alkyl halides is 2. The molecule has 1 aliphatic rings. The van der Waals surface area contributed by atoms with Gasteiger partial charge in [-0.3, -0.25) is 19.3 Å². The third kappa shape index (κ3) is 4.77. The first-order chi connectivity index (χ1) is 13.4. The molecular weight excluding hydrogens is 394 g/mol. The minimum atomic E-state index is -2.92. The van der Waals surface area contributed by atoms with Crippen LogP contribution in [-0.2, 0) is 4.79 Å². The summed E-state index contributed by atoms with van der Waals surface area (Å²) in [4.78, 5) is 37.5. The number of carbonyl (C=O) groups excluding carboxylic acids is 3. The number of carbonyl (C=O) groups is 3. The second kappa shape index (κ2) is 8.70. The molecule has 28 heavy (non-hydrogen) atoms. The van der Waals surface area contributed by atoms with E-state index in [1.807, 2.05) is 0 Å². The summed E-state index contributed by atoms with van der Waals surface area (Å²) in [6.45, 7) is -2.84. The number of nitrogens with zero attached hydrogens (tertiary/aromatic N) is 1. The molecule has 0 saturated carbocycles. The lowest BCUT2D eigenvalue weighted by Gasteiger charge is -2.12. The van der Waals surface area contributed by atoms with Crippen LogP contribution >= 0.6 is 11.8 Å². The molecule has 146 valence electrons. The Labute approximate surface area is 162 Å². The molecule has 1 saturated heterocycles. The zero-order chi connectivity index (χ0) is 20.1. The summed E-state index contributed by atoms with van der Waals surface area (Å²) >= 11 is 0.764. The molecule has 0 aliphatic carbocycles. The highest BCUT2D eigenvalue weighted by atomic mass is 32.2. The van der Waals surface area contributed by atoms with Gasteiger partial charge in [0.25, 0.3) is 17.1 Å². The Kier molecular flexibility index (Phi) is 6.09. The summed E-state index contributed by atoms with van der Waals surface area (Å²) in [5.41, 5.74) is 0.554. The van der Waals surface area contributed by atoms with Crippen LogP contribution < -0.4 is 10.1 Å². The fraction of sp³-hybridized carbons (Fsp3) is 0.167. The quantitative estimate of drug-likeness (QED) is 0.707. The number of imide groups is 1. The number of hydrogen-bond donors (Lipinski definition) is 1. The van der Waals surface area contributed by atoms with Crippen LogP contribution in [0.15, 0.2) is 52.0 Å². The Hall–Kier alpha value is -3.14. The van der Waals surface area contributed by atoms with E-state index in [2.05, 4.69) is 10.1 Å². The molecular formula is C18H14F2N2O5S. The van der Waals surface area contributed by atoms with Gasteiger partial charge in [-0.1, -0.05) is 12.1 Å². The van der Waals surface area contributed by atoms with Crippen molar-refractivity contribution in [2.24, 2.45) is 0 Å². The zero-order valence-electron chi connectivity index (χ0n) is 14.3. The standard InChI is InChI=1S/C18H14F2N2O5S/c19-17(20)27-12-5-3-11(4-6-12)10-14-16(24)22(18(25)28-14)8-7-21-15(23)13-2-1-9-26-13/h1-6,9-10,17H,7-8H2,(H,21,23). The molecule has 1 fully saturated rings. The molecule has 1 aliphatic heterocycles. The first-order valence-electron chi connectivity index (χ1n) is 8.06. The van der Waals surface area contributed by atoms with Crippen molar-refractivity contribution in [2.75, 3.05) is 13.1 Å². The highest BCUT2D eigenvalue weighted by molar-refractivity contribution is 8.18. The number of amides is 3. The number of benzene rings is 1. The Morgan fingerprint density at radius 3 is 2.64 bits per heavy atom. The van der Waals surface area contributed by atoms with E-state index in [0.717, 1.165) is 16.7 Å². The van der Waals surface area contributed by atoms with E-state index in [4.69, 9.17) is 4.42 Å². The second-order valence-electron chi connectivity index (χ2n) is 5.51. The number of ether oxygens (including phenoxy) is 1. The lowest BCUT2D eigenvalue weighted by atomic mass is 10.2. The highest BCUT2D eigenvalue weighted by Crippen LogP contribution is 2.32. The summed E-state index contributed by atoms with van der Waals surface area (Å²) in [6.07, 6.45) is 2.85. The lowest BCUT2D eigenvalue weighted by Crippen LogP contribution is -2.37. The van der Waals surface area contributed by atoms with Crippen LogP contribution in [0.3, 0.4) is 0 Å². The Bertz CT molecular complexity index is 897. The van der Waals surface area contributed by atoms with Crippen molar-refractivity contribution in [1.82, 2.24) is 10.2 Å². The Morgan fingerprint density at radius 1 is 1.25 bits per heavy atom. The van der Waals surface area contributed by atoms with Gasteiger partial charge >= 0.3 is 6.61 Å². The van der Waals surface area contributed by atoms with E-state index in [1.165, 1.54) is 42.7 Å². The Morgan fingerprint density at radius 2 is 2.00 bits per heavy atom. The SMILES string of the molecule is O=C(NCCN1C(=O)SC(=Cc2ccc(OC(F)F)cc2)C1=O)c1ccco1. The maximum atomic E-state index is 12.4. The fourth-order valence-electron chi connectivity index (χ4n) is 2.37. The van der Waals surface area contributed by atoms with Gasteiger partial charge in [-0.25, -0.2) is 0 Å². The molecule has 1 aromatic carbocycles. The average molecular weight is 408 g/mol. The molecule has 3 rings (SSSR count). The minimum Gasteiger partial charge on any atom is -0.459 e. The molecule has 7 nitrogen and oxygen atoms in total. The van der Waals surface area contributed by atoms with Gasteiger partial charge in [-0.15, -0.1) is 0 Å². The van der Waals surface area contributed by atoms with Gasteiger partial charge in [0.15, 0.2) is 5.76 Å². The van der Waals surface area contributed by atoms with Crippen LogP contribution in [-0.4, -0.2) is 41.7 Å². The number of halogens is 2. The van der Waals surface area contributed by atoms with Crippen molar-refractivity contribution in [3.8, 4) is 5.75 Å². The molecule has 2 aromatic rings. The molecule has 1 aromatic heterocycles. The summed E-state index contributed by atoms with van der Waals surface area (Å²) in [5.74, 6) is -0.811. The van der Waals surface area contributed by atoms with Crippen molar-refractivity contribution in [3.63, 3.8) is 0 Å². The van der Waals surface area contributed by atoms with E-state index in [-0.39, 0.29) is 29.5 Å². The van der Waals surface area contributed by atoms with E-state index in [9.17, 15) is 23.2 Å². The summed E-state index contributed by atoms with van der Waals surface area (Å²) in [6, 6.07) is 8.74. The highest BCUT2D eigenvalue weighted by Gasteiger charge is 2.34. The number of furan rings is 1. The van der Waals surface area contributed by atoms with Crippen LogP contribution in [0.4, 0.5) is 13.6 Å². The van der Waals surface area contributed by atoms with Crippen LogP contribution in [0.2, 0.25) is 0 Å². The third-order valence-electron chi connectivity index (χ3n) is 3.64. The first kappa shape index (κ1) is 19.6. The summed E-state index contributed by atoms with van der Waals surface area (Å²) < 4.78 is 33.5. The van der Waals surface area contributed by atoms with E-state index in [1.54, 1.807) is 6.07 Å². The molecule has 3 amide bonds. The summed E-state index contributed by atoms with van der Waals surface area (Å²) in [5, 5.41) is 2.10. The molecule has 0 atom stereocenters. The van der Waals surface area contributed by atoms with Crippen LogP contribution in [0.25, 0.3) is 6.08 Å².